The number of benzene rings is 2. The Morgan fingerprint density at radius 1 is 1.00 bits per heavy atom. The summed E-state index contributed by atoms with van der Waals surface area (Å²) in [6.07, 6.45) is 5.01. The highest BCUT2D eigenvalue weighted by Gasteiger charge is 2.25. The van der Waals surface area contributed by atoms with Gasteiger partial charge in [0, 0.05) is 25.2 Å². The van der Waals surface area contributed by atoms with E-state index in [0.717, 1.165) is 25.2 Å². The Kier molecular flexibility index (Phi) is 5.35. The molecule has 1 N–H and O–H groups in total. The van der Waals surface area contributed by atoms with E-state index < -0.39 is 0 Å². The molecule has 0 radical (unpaired) electrons. The molecule has 1 aliphatic carbocycles. The Bertz CT molecular complexity index is 716. The van der Waals surface area contributed by atoms with Gasteiger partial charge in [-0.2, -0.15) is 0 Å². The molecule has 1 aliphatic heterocycles. The first-order valence-corrected chi connectivity index (χ1v) is 9.93. The number of carbonyl (C=O) groups is 1. The minimum atomic E-state index is 0.164. The van der Waals surface area contributed by atoms with E-state index in [0.29, 0.717) is 18.4 Å². The van der Waals surface area contributed by atoms with Gasteiger partial charge in [0.25, 0.3) is 5.91 Å². The van der Waals surface area contributed by atoms with Crippen molar-refractivity contribution in [2.45, 2.75) is 38.1 Å². The molecule has 0 aromatic heterocycles. The van der Waals surface area contributed by atoms with Crippen molar-refractivity contribution in [2.24, 2.45) is 5.92 Å². The standard InChI is InChI=1S/C23H28N2O/c26-23(21-11-9-20(10-12-21)22-13-14-24-15-22)25(17-19-7-4-8-19)16-18-5-2-1-3-6-18/h1-3,5-6,9-12,19,22,24H,4,7-8,13-17H2/t22-/m1/s1. The number of rotatable bonds is 6. The van der Waals surface area contributed by atoms with Crippen LogP contribution in [0.5, 0.6) is 0 Å². The molecule has 2 aromatic carbocycles. The quantitative estimate of drug-likeness (QED) is 0.848. The summed E-state index contributed by atoms with van der Waals surface area (Å²) in [5, 5.41) is 3.41. The summed E-state index contributed by atoms with van der Waals surface area (Å²) in [5.74, 6) is 1.43. The third kappa shape index (κ3) is 3.99. The number of carbonyl (C=O) groups excluding carboxylic acids is 1. The van der Waals surface area contributed by atoms with Gasteiger partial charge in [-0.25, -0.2) is 0 Å². The van der Waals surface area contributed by atoms with Crippen molar-refractivity contribution in [3.8, 4) is 0 Å². The van der Waals surface area contributed by atoms with Gasteiger partial charge in [-0.05, 0) is 60.9 Å². The molecule has 3 nitrogen and oxygen atoms in total. The van der Waals surface area contributed by atoms with E-state index in [1.165, 1.54) is 36.8 Å². The molecule has 0 unspecified atom stereocenters. The summed E-state index contributed by atoms with van der Waals surface area (Å²) in [6, 6.07) is 18.7. The fraction of sp³-hybridized carbons (Fsp3) is 0.435. The lowest BCUT2D eigenvalue weighted by molar-refractivity contribution is 0.0679. The highest BCUT2D eigenvalue weighted by molar-refractivity contribution is 5.94. The first kappa shape index (κ1) is 17.3. The molecule has 2 aromatic rings. The zero-order valence-electron chi connectivity index (χ0n) is 15.4. The minimum Gasteiger partial charge on any atom is -0.334 e. The molecule has 2 fully saturated rings. The van der Waals surface area contributed by atoms with Crippen LogP contribution in [0.15, 0.2) is 54.6 Å². The van der Waals surface area contributed by atoms with Crippen LogP contribution < -0.4 is 5.32 Å². The molecule has 0 bridgehead atoms. The molecule has 136 valence electrons. The molecule has 1 saturated heterocycles. The number of nitrogens with one attached hydrogen (secondary N) is 1. The maximum Gasteiger partial charge on any atom is 0.254 e. The van der Waals surface area contributed by atoms with Crippen molar-refractivity contribution in [2.75, 3.05) is 19.6 Å². The van der Waals surface area contributed by atoms with Gasteiger partial charge < -0.3 is 10.2 Å². The van der Waals surface area contributed by atoms with Gasteiger partial charge in [-0.1, -0.05) is 48.9 Å². The van der Waals surface area contributed by atoms with Crippen molar-refractivity contribution in [1.82, 2.24) is 10.2 Å². The minimum absolute atomic E-state index is 0.164. The molecular weight excluding hydrogens is 320 g/mol. The van der Waals surface area contributed by atoms with Gasteiger partial charge in [-0.15, -0.1) is 0 Å². The molecule has 1 atom stereocenters. The lowest BCUT2D eigenvalue weighted by atomic mass is 9.85. The third-order valence-corrected chi connectivity index (χ3v) is 5.90. The maximum atomic E-state index is 13.2. The van der Waals surface area contributed by atoms with Gasteiger partial charge in [0.1, 0.15) is 0 Å². The first-order valence-electron chi connectivity index (χ1n) is 9.93. The Morgan fingerprint density at radius 3 is 2.38 bits per heavy atom. The third-order valence-electron chi connectivity index (χ3n) is 5.90. The molecule has 1 saturated carbocycles. The molecule has 4 rings (SSSR count). The van der Waals surface area contributed by atoms with Crippen LogP contribution in [0.2, 0.25) is 0 Å². The largest absolute Gasteiger partial charge is 0.334 e. The van der Waals surface area contributed by atoms with E-state index in [-0.39, 0.29) is 5.91 Å². The highest BCUT2D eigenvalue weighted by atomic mass is 16.2. The lowest BCUT2D eigenvalue weighted by Gasteiger charge is -2.32. The van der Waals surface area contributed by atoms with Crippen molar-refractivity contribution >= 4 is 5.91 Å². The second-order valence-corrected chi connectivity index (χ2v) is 7.78. The lowest BCUT2D eigenvalue weighted by Crippen LogP contribution is -2.37. The Morgan fingerprint density at radius 2 is 1.77 bits per heavy atom. The Hall–Kier alpha value is -2.13. The molecule has 26 heavy (non-hydrogen) atoms. The summed E-state index contributed by atoms with van der Waals surface area (Å²) in [7, 11) is 0. The Balaban J connectivity index is 1.49. The van der Waals surface area contributed by atoms with Crippen molar-refractivity contribution in [3.05, 3.63) is 71.3 Å². The molecule has 1 amide bonds. The molecular formula is C23H28N2O. The fourth-order valence-corrected chi connectivity index (χ4v) is 4.03. The SMILES string of the molecule is O=C(c1ccc([C@@H]2CCNC2)cc1)N(Cc1ccccc1)CC1CCC1. The topological polar surface area (TPSA) is 32.3 Å². The van der Waals surface area contributed by atoms with E-state index in [4.69, 9.17) is 0 Å². The van der Waals surface area contributed by atoms with Gasteiger partial charge in [0.2, 0.25) is 0 Å². The van der Waals surface area contributed by atoms with Gasteiger partial charge in [0.15, 0.2) is 0 Å². The van der Waals surface area contributed by atoms with Gasteiger partial charge in [0.05, 0.1) is 0 Å². The summed E-state index contributed by atoms with van der Waals surface area (Å²) in [5.41, 5.74) is 3.36. The Labute approximate surface area is 156 Å². The van der Waals surface area contributed by atoms with E-state index in [9.17, 15) is 4.79 Å². The van der Waals surface area contributed by atoms with Gasteiger partial charge in [-0.3, -0.25) is 4.79 Å². The smallest absolute Gasteiger partial charge is 0.254 e. The van der Waals surface area contributed by atoms with E-state index in [1.807, 2.05) is 35.2 Å². The monoisotopic (exact) mass is 348 g/mol. The number of hydrogen-bond donors (Lipinski definition) is 1. The predicted octanol–water partition coefficient (Wildman–Crippen LogP) is 4.21. The molecule has 2 aliphatic rings. The highest BCUT2D eigenvalue weighted by Crippen LogP contribution is 2.28. The second kappa shape index (κ2) is 8.05. The summed E-state index contributed by atoms with van der Waals surface area (Å²) < 4.78 is 0. The number of nitrogens with zero attached hydrogens (tertiary/aromatic N) is 1. The fourth-order valence-electron chi connectivity index (χ4n) is 4.03. The van der Waals surface area contributed by atoms with Crippen LogP contribution in [-0.2, 0) is 6.54 Å². The summed E-state index contributed by atoms with van der Waals surface area (Å²) in [4.78, 5) is 15.2. The molecule has 1 heterocycles. The second-order valence-electron chi connectivity index (χ2n) is 7.78. The average Bonchev–Trinajstić information content (AvgIpc) is 3.19. The average molecular weight is 348 g/mol. The van der Waals surface area contributed by atoms with Crippen LogP contribution in [-0.4, -0.2) is 30.4 Å². The maximum absolute atomic E-state index is 13.2. The van der Waals surface area contributed by atoms with Crippen LogP contribution in [0.4, 0.5) is 0 Å². The first-order chi connectivity index (χ1) is 12.8. The van der Waals surface area contributed by atoms with Crippen LogP contribution in [0, 0.1) is 5.92 Å². The zero-order valence-corrected chi connectivity index (χ0v) is 15.4. The number of hydrogen-bond acceptors (Lipinski definition) is 2. The molecule has 3 heteroatoms. The number of amides is 1. The van der Waals surface area contributed by atoms with Crippen molar-refractivity contribution in [1.29, 1.82) is 0 Å². The van der Waals surface area contributed by atoms with E-state index in [2.05, 4.69) is 29.6 Å². The van der Waals surface area contributed by atoms with Crippen LogP contribution in [0.3, 0.4) is 0 Å². The normalized spacial score (nSPS) is 19.9. The van der Waals surface area contributed by atoms with Crippen molar-refractivity contribution in [3.63, 3.8) is 0 Å². The van der Waals surface area contributed by atoms with Crippen LogP contribution >= 0.6 is 0 Å². The van der Waals surface area contributed by atoms with Crippen LogP contribution in [0.1, 0.15) is 53.1 Å². The summed E-state index contributed by atoms with van der Waals surface area (Å²) >= 11 is 0. The predicted molar refractivity (Wildman–Crippen MR) is 105 cm³/mol. The van der Waals surface area contributed by atoms with E-state index in [1.54, 1.807) is 0 Å². The van der Waals surface area contributed by atoms with Crippen molar-refractivity contribution < 1.29 is 4.79 Å². The summed E-state index contributed by atoms with van der Waals surface area (Å²) in [6.45, 7) is 3.72. The van der Waals surface area contributed by atoms with Crippen LogP contribution in [0.25, 0.3) is 0 Å². The zero-order chi connectivity index (χ0) is 17.8. The molecule has 0 spiro atoms. The van der Waals surface area contributed by atoms with E-state index >= 15 is 0 Å². The van der Waals surface area contributed by atoms with Gasteiger partial charge >= 0.3 is 0 Å².